The first-order valence-corrected chi connectivity index (χ1v) is 13.7. The Balaban J connectivity index is 1.52. The van der Waals surface area contributed by atoms with Crippen molar-refractivity contribution in [1.29, 1.82) is 0 Å². The van der Waals surface area contributed by atoms with Crippen molar-refractivity contribution in [3.8, 4) is 28.4 Å². The van der Waals surface area contributed by atoms with Gasteiger partial charge in [-0.05, 0) is 65.3 Å². The van der Waals surface area contributed by atoms with E-state index in [1.807, 2.05) is 35.2 Å². The Morgan fingerprint density at radius 2 is 1.68 bits per heavy atom. The van der Waals surface area contributed by atoms with E-state index in [4.69, 9.17) is 14.2 Å². The smallest absolute Gasteiger partial charge is 0.242 e. The summed E-state index contributed by atoms with van der Waals surface area (Å²) >= 11 is 0. The molecule has 2 N–H and O–H groups in total. The van der Waals surface area contributed by atoms with Crippen molar-refractivity contribution >= 4 is 17.5 Å². The zero-order valence-corrected chi connectivity index (χ0v) is 23.8. The van der Waals surface area contributed by atoms with Crippen LogP contribution in [0.5, 0.6) is 17.2 Å². The van der Waals surface area contributed by atoms with E-state index in [0.717, 1.165) is 28.7 Å². The van der Waals surface area contributed by atoms with Crippen LogP contribution in [0.25, 0.3) is 11.1 Å². The molecule has 9 nitrogen and oxygen atoms in total. The zero-order valence-electron chi connectivity index (χ0n) is 23.8. The van der Waals surface area contributed by atoms with Crippen LogP contribution >= 0.6 is 0 Å². The SMILES string of the molecule is COc1cc2c(c(OC)c1OC)-c1ccc(NCC(=O)N3CCc4ccccc4C3)c(=O)cc1[C@@H](NC(C)=O)CC2. The first-order valence-electron chi connectivity index (χ1n) is 13.7. The summed E-state index contributed by atoms with van der Waals surface area (Å²) in [5.74, 6) is 1.19. The van der Waals surface area contributed by atoms with E-state index in [1.54, 1.807) is 33.5 Å². The van der Waals surface area contributed by atoms with Crippen LogP contribution < -0.4 is 30.3 Å². The molecule has 9 heteroatoms. The maximum atomic E-state index is 13.5. The lowest BCUT2D eigenvalue weighted by atomic mass is 9.95. The van der Waals surface area contributed by atoms with Gasteiger partial charge in [0.25, 0.3) is 0 Å². The summed E-state index contributed by atoms with van der Waals surface area (Å²) in [7, 11) is 4.68. The van der Waals surface area contributed by atoms with Crippen LogP contribution in [0.1, 0.15) is 41.6 Å². The summed E-state index contributed by atoms with van der Waals surface area (Å²) in [5.41, 5.74) is 5.56. The Morgan fingerprint density at radius 3 is 2.39 bits per heavy atom. The van der Waals surface area contributed by atoms with Gasteiger partial charge in [0.1, 0.15) is 0 Å². The molecule has 1 heterocycles. The summed E-state index contributed by atoms with van der Waals surface area (Å²) in [6, 6.07) is 14.7. The molecule has 0 spiro atoms. The lowest BCUT2D eigenvalue weighted by Crippen LogP contribution is -2.39. The molecule has 2 aliphatic rings. The first-order chi connectivity index (χ1) is 19.8. The summed E-state index contributed by atoms with van der Waals surface area (Å²) in [6.45, 7) is 2.64. The van der Waals surface area contributed by atoms with Gasteiger partial charge in [-0.2, -0.15) is 0 Å². The Labute approximate surface area is 239 Å². The van der Waals surface area contributed by atoms with Crippen LogP contribution in [-0.4, -0.2) is 51.1 Å². The van der Waals surface area contributed by atoms with Gasteiger partial charge in [0.15, 0.2) is 11.5 Å². The van der Waals surface area contributed by atoms with Gasteiger partial charge in [-0.25, -0.2) is 0 Å². The Kier molecular flexibility index (Phi) is 8.14. The lowest BCUT2D eigenvalue weighted by molar-refractivity contribution is -0.130. The summed E-state index contributed by atoms with van der Waals surface area (Å²) in [5, 5.41) is 6.08. The number of nitrogens with zero attached hydrogens (tertiary/aromatic N) is 1. The van der Waals surface area contributed by atoms with Crippen LogP contribution in [-0.2, 0) is 29.0 Å². The van der Waals surface area contributed by atoms with E-state index in [2.05, 4.69) is 16.7 Å². The number of anilines is 1. The number of methoxy groups -OCH3 is 3. The van der Waals surface area contributed by atoms with Gasteiger partial charge in [0, 0.05) is 25.6 Å². The predicted molar refractivity (Wildman–Crippen MR) is 157 cm³/mol. The molecule has 3 aromatic carbocycles. The third-order valence-electron chi connectivity index (χ3n) is 7.83. The average molecular weight is 558 g/mol. The van der Waals surface area contributed by atoms with Crippen molar-refractivity contribution in [2.24, 2.45) is 0 Å². The van der Waals surface area contributed by atoms with Crippen molar-refractivity contribution < 1.29 is 23.8 Å². The average Bonchev–Trinajstić information content (AvgIpc) is 3.22. The quantitative estimate of drug-likeness (QED) is 0.455. The monoisotopic (exact) mass is 557 g/mol. The van der Waals surface area contributed by atoms with E-state index < -0.39 is 6.04 Å². The number of nitrogens with one attached hydrogen (secondary N) is 2. The van der Waals surface area contributed by atoms with E-state index in [9.17, 15) is 14.4 Å². The summed E-state index contributed by atoms with van der Waals surface area (Å²) in [4.78, 5) is 40.6. The minimum atomic E-state index is -0.403. The molecule has 0 aromatic heterocycles. The number of fused-ring (bicyclic) bond motifs is 4. The molecular formula is C32H35N3O6. The van der Waals surface area contributed by atoms with Crippen LogP contribution in [0, 0.1) is 0 Å². The lowest BCUT2D eigenvalue weighted by Gasteiger charge is -2.29. The zero-order chi connectivity index (χ0) is 29.1. The largest absolute Gasteiger partial charge is 0.493 e. The molecule has 0 unspecified atom stereocenters. The number of hydrogen-bond donors (Lipinski definition) is 2. The van der Waals surface area contributed by atoms with E-state index in [-0.39, 0.29) is 23.8 Å². The third-order valence-corrected chi connectivity index (χ3v) is 7.83. The van der Waals surface area contributed by atoms with E-state index in [0.29, 0.717) is 54.4 Å². The van der Waals surface area contributed by atoms with Gasteiger partial charge in [-0.15, -0.1) is 0 Å². The Bertz CT molecular complexity index is 1550. The van der Waals surface area contributed by atoms with Crippen molar-refractivity contribution in [2.45, 2.75) is 38.8 Å². The Hall–Kier alpha value is -4.53. The summed E-state index contributed by atoms with van der Waals surface area (Å²) in [6.07, 6.45) is 1.99. The van der Waals surface area contributed by atoms with Gasteiger partial charge in [-0.3, -0.25) is 14.4 Å². The van der Waals surface area contributed by atoms with Gasteiger partial charge < -0.3 is 29.7 Å². The molecule has 2 amide bonds. The summed E-state index contributed by atoms with van der Waals surface area (Å²) < 4.78 is 17.1. The highest BCUT2D eigenvalue weighted by molar-refractivity contribution is 5.84. The predicted octanol–water partition coefficient (Wildman–Crippen LogP) is 3.86. The number of carbonyl (C=O) groups is 2. The maximum Gasteiger partial charge on any atom is 0.242 e. The molecule has 3 aromatic rings. The second kappa shape index (κ2) is 11.9. The highest BCUT2D eigenvalue weighted by Crippen LogP contribution is 2.50. The number of carbonyl (C=O) groups excluding carboxylic acids is 2. The van der Waals surface area contributed by atoms with Gasteiger partial charge >= 0.3 is 0 Å². The second-order valence-corrected chi connectivity index (χ2v) is 10.3. The minimum absolute atomic E-state index is 0.00780. The molecule has 0 bridgehead atoms. The molecule has 1 atom stereocenters. The number of amides is 2. The normalized spacial score (nSPS) is 15.4. The number of hydrogen-bond acceptors (Lipinski definition) is 7. The molecule has 0 fully saturated rings. The van der Waals surface area contributed by atoms with Gasteiger partial charge in [0.2, 0.25) is 23.0 Å². The van der Waals surface area contributed by atoms with Crippen LogP contribution in [0.15, 0.2) is 53.3 Å². The first kappa shape index (κ1) is 28.0. The highest BCUT2D eigenvalue weighted by Gasteiger charge is 2.29. The fourth-order valence-electron chi connectivity index (χ4n) is 5.84. The molecule has 0 saturated carbocycles. The molecule has 0 radical (unpaired) electrons. The third kappa shape index (κ3) is 5.57. The maximum absolute atomic E-state index is 13.5. The minimum Gasteiger partial charge on any atom is -0.493 e. The van der Waals surface area contributed by atoms with E-state index >= 15 is 0 Å². The molecule has 41 heavy (non-hydrogen) atoms. The standard InChI is InChI=1S/C32H35N3O6/c1-19(36)34-25-11-9-21-15-28(39-2)31(40-3)32(41-4)30(21)23-10-12-26(27(37)16-24(23)25)33-17-29(38)35-14-13-20-7-5-6-8-22(20)18-35/h5-8,10,12,15-16,25H,9,11,13-14,17-18H2,1-4H3,(H,33,37)(H,34,36)/t25-/m0/s1. The van der Waals surface area contributed by atoms with E-state index in [1.165, 1.54) is 12.5 Å². The van der Waals surface area contributed by atoms with Crippen molar-refractivity contribution in [3.63, 3.8) is 0 Å². The van der Waals surface area contributed by atoms with Crippen molar-refractivity contribution in [2.75, 3.05) is 39.7 Å². The molecule has 214 valence electrons. The number of rotatable bonds is 7. The molecular weight excluding hydrogens is 522 g/mol. The van der Waals surface area contributed by atoms with Gasteiger partial charge in [0.05, 0.1) is 39.6 Å². The fraction of sp³-hybridized carbons (Fsp3) is 0.344. The van der Waals surface area contributed by atoms with Gasteiger partial charge in [-0.1, -0.05) is 30.3 Å². The van der Waals surface area contributed by atoms with Crippen molar-refractivity contribution in [1.82, 2.24) is 10.2 Å². The molecule has 5 rings (SSSR count). The van der Waals surface area contributed by atoms with Crippen molar-refractivity contribution in [3.05, 3.63) is 81.0 Å². The topological polar surface area (TPSA) is 106 Å². The number of ether oxygens (including phenoxy) is 3. The van der Waals surface area contributed by atoms with Crippen LogP contribution in [0.2, 0.25) is 0 Å². The highest BCUT2D eigenvalue weighted by atomic mass is 16.5. The molecule has 1 aliphatic carbocycles. The number of benzene rings is 2. The fourth-order valence-corrected chi connectivity index (χ4v) is 5.84. The number of aryl methyl sites for hydroxylation is 1. The van der Waals surface area contributed by atoms with Crippen LogP contribution in [0.3, 0.4) is 0 Å². The molecule has 1 aliphatic heterocycles. The second-order valence-electron chi connectivity index (χ2n) is 10.3. The van der Waals surface area contributed by atoms with Crippen LogP contribution in [0.4, 0.5) is 5.69 Å². The molecule has 0 saturated heterocycles. The Morgan fingerprint density at radius 1 is 0.927 bits per heavy atom.